The molecule has 6 nitrogen and oxygen atoms in total. The Bertz CT molecular complexity index is 879. The molecule has 3 rings (SSSR count). The van der Waals surface area contributed by atoms with Crippen LogP contribution in [0, 0.1) is 0 Å². The molecule has 0 amide bonds. The number of para-hydroxylation sites is 1. The quantitative estimate of drug-likeness (QED) is 0.751. The number of hydrogen-bond donors (Lipinski definition) is 2. The summed E-state index contributed by atoms with van der Waals surface area (Å²) in [7, 11) is -3.92. The SMILES string of the molecule is CC(NS(=O)(=O)c1ccc2c(c1)Sc1ccccc1O2)C(=O)O. The van der Waals surface area contributed by atoms with E-state index in [-0.39, 0.29) is 4.90 Å². The Balaban J connectivity index is 1.92. The predicted octanol–water partition coefficient (Wildman–Crippen LogP) is 2.69. The molecule has 0 fully saturated rings. The standard InChI is InChI=1S/C15H13NO5S2/c1-9(15(17)18)16-23(19,20)10-6-7-12-14(8-10)22-13-5-3-2-4-11(13)21-12/h2-9,16H,1H3,(H,17,18). The van der Waals surface area contributed by atoms with E-state index >= 15 is 0 Å². The molecule has 0 spiro atoms. The van der Waals surface area contributed by atoms with Crippen LogP contribution in [0.25, 0.3) is 0 Å². The molecule has 2 aromatic rings. The van der Waals surface area contributed by atoms with Gasteiger partial charge in [0.1, 0.15) is 17.5 Å². The zero-order valence-electron chi connectivity index (χ0n) is 12.0. The topological polar surface area (TPSA) is 92.7 Å². The normalized spacial score (nSPS) is 14.3. The first-order valence-corrected chi connectivity index (χ1v) is 9.01. The van der Waals surface area contributed by atoms with Crippen LogP contribution in [0.15, 0.2) is 57.2 Å². The van der Waals surface area contributed by atoms with Crippen molar-refractivity contribution in [3.05, 3.63) is 42.5 Å². The molecular formula is C15H13NO5S2. The molecule has 1 aliphatic rings. The van der Waals surface area contributed by atoms with Crippen LogP contribution < -0.4 is 9.46 Å². The summed E-state index contributed by atoms with van der Waals surface area (Å²) in [5.41, 5.74) is 0. The molecule has 0 radical (unpaired) electrons. The van der Waals surface area contributed by atoms with Crippen molar-refractivity contribution in [2.45, 2.75) is 27.7 Å². The summed E-state index contributed by atoms with van der Waals surface area (Å²) in [4.78, 5) is 12.4. The fourth-order valence-corrected chi connectivity index (χ4v) is 4.31. The number of carboxylic acids is 1. The number of nitrogens with one attached hydrogen (secondary N) is 1. The summed E-state index contributed by atoms with van der Waals surface area (Å²) in [6.45, 7) is 1.27. The zero-order chi connectivity index (χ0) is 16.6. The Morgan fingerprint density at radius 1 is 1.17 bits per heavy atom. The number of ether oxygens (including phenoxy) is 1. The number of fused-ring (bicyclic) bond motifs is 2. The van der Waals surface area contributed by atoms with Crippen molar-refractivity contribution in [3.8, 4) is 11.5 Å². The van der Waals surface area contributed by atoms with Crippen LogP contribution in [0.4, 0.5) is 0 Å². The lowest BCUT2D eigenvalue weighted by molar-refractivity contribution is -0.138. The van der Waals surface area contributed by atoms with Gasteiger partial charge in [-0.05, 0) is 37.3 Å². The van der Waals surface area contributed by atoms with Crippen LogP contribution in [0.5, 0.6) is 11.5 Å². The van der Waals surface area contributed by atoms with Crippen LogP contribution in [0.1, 0.15) is 6.92 Å². The molecule has 2 aromatic carbocycles. The van der Waals surface area contributed by atoms with Gasteiger partial charge in [0.2, 0.25) is 10.0 Å². The second kappa shape index (κ2) is 5.88. The van der Waals surface area contributed by atoms with Gasteiger partial charge in [-0.2, -0.15) is 4.72 Å². The number of carbonyl (C=O) groups is 1. The molecular weight excluding hydrogens is 338 g/mol. The second-order valence-electron chi connectivity index (χ2n) is 4.94. The van der Waals surface area contributed by atoms with Crippen molar-refractivity contribution in [1.29, 1.82) is 0 Å². The van der Waals surface area contributed by atoms with Gasteiger partial charge in [-0.3, -0.25) is 4.79 Å². The molecule has 0 saturated heterocycles. The van der Waals surface area contributed by atoms with Crippen LogP contribution in [0.3, 0.4) is 0 Å². The van der Waals surface area contributed by atoms with E-state index in [0.717, 1.165) is 10.6 Å². The third-order valence-corrected chi connectivity index (χ3v) is 5.85. The van der Waals surface area contributed by atoms with Crippen LogP contribution in [-0.2, 0) is 14.8 Å². The fourth-order valence-electron chi connectivity index (χ4n) is 2.03. The number of benzene rings is 2. The summed E-state index contributed by atoms with van der Waals surface area (Å²) in [5.74, 6) is 0.0512. The van der Waals surface area contributed by atoms with Crippen molar-refractivity contribution < 1.29 is 23.1 Å². The summed E-state index contributed by atoms with van der Waals surface area (Å²) < 4.78 is 32.4. The Morgan fingerprint density at radius 2 is 1.87 bits per heavy atom. The second-order valence-corrected chi connectivity index (χ2v) is 7.74. The molecule has 0 saturated carbocycles. The van der Waals surface area contributed by atoms with Gasteiger partial charge in [0.05, 0.1) is 14.7 Å². The van der Waals surface area contributed by atoms with Gasteiger partial charge >= 0.3 is 5.97 Å². The van der Waals surface area contributed by atoms with Gasteiger partial charge in [-0.25, -0.2) is 8.42 Å². The molecule has 1 heterocycles. The first-order valence-electron chi connectivity index (χ1n) is 6.71. The molecule has 8 heteroatoms. The number of sulfonamides is 1. The van der Waals surface area contributed by atoms with Gasteiger partial charge in [0.25, 0.3) is 0 Å². The third-order valence-electron chi connectivity index (χ3n) is 3.22. The maximum absolute atomic E-state index is 12.3. The number of carboxylic acid groups (broad SMARTS) is 1. The molecule has 23 heavy (non-hydrogen) atoms. The minimum absolute atomic E-state index is 0.000156. The molecule has 1 aliphatic heterocycles. The Kier molecular flexibility index (Phi) is 4.05. The van der Waals surface area contributed by atoms with Gasteiger partial charge < -0.3 is 9.84 Å². The van der Waals surface area contributed by atoms with E-state index in [4.69, 9.17) is 9.84 Å². The summed E-state index contributed by atoms with van der Waals surface area (Å²) in [5, 5.41) is 8.84. The Hall–Kier alpha value is -2.03. The van der Waals surface area contributed by atoms with Crippen LogP contribution in [-0.4, -0.2) is 25.5 Å². The van der Waals surface area contributed by atoms with Crippen molar-refractivity contribution in [1.82, 2.24) is 4.72 Å². The van der Waals surface area contributed by atoms with Crippen molar-refractivity contribution in [2.24, 2.45) is 0 Å². The average molecular weight is 351 g/mol. The summed E-state index contributed by atoms with van der Waals surface area (Å²) in [6.07, 6.45) is 0. The predicted molar refractivity (Wildman–Crippen MR) is 84.5 cm³/mol. The highest BCUT2D eigenvalue weighted by atomic mass is 32.2. The number of aliphatic carboxylic acids is 1. The van der Waals surface area contributed by atoms with E-state index in [1.807, 2.05) is 24.3 Å². The molecule has 0 aromatic heterocycles. The van der Waals surface area contributed by atoms with E-state index in [1.54, 1.807) is 6.07 Å². The summed E-state index contributed by atoms with van der Waals surface area (Å²) in [6, 6.07) is 10.7. The highest BCUT2D eigenvalue weighted by Crippen LogP contribution is 2.47. The maximum atomic E-state index is 12.3. The van der Waals surface area contributed by atoms with Gasteiger partial charge in [-0.1, -0.05) is 23.9 Å². The van der Waals surface area contributed by atoms with Gasteiger partial charge in [-0.15, -0.1) is 0 Å². The van der Waals surface area contributed by atoms with E-state index in [0.29, 0.717) is 10.6 Å². The number of hydrogen-bond acceptors (Lipinski definition) is 5. The molecule has 2 N–H and O–H groups in total. The lowest BCUT2D eigenvalue weighted by Crippen LogP contribution is -2.38. The maximum Gasteiger partial charge on any atom is 0.321 e. The Morgan fingerprint density at radius 3 is 2.61 bits per heavy atom. The lowest BCUT2D eigenvalue weighted by Gasteiger charge is -2.20. The van der Waals surface area contributed by atoms with E-state index in [2.05, 4.69) is 4.72 Å². The zero-order valence-corrected chi connectivity index (χ0v) is 13.6. The highest BCUT2D eigenvalue weighted by molar-refractivity contribution is 7.99. The molecule has 1 atom stereocenters. The lowest BCUT2D eigenvalue weighted by atomic mass is 10.3. The van der Waals surface area contributed by atoms with Gasteiger partial charge in [0, 0.05) is 0 Å². The highest BCUT2D eigenvalue weighted by Gasteiger charge is 2.24. The minimum Gasteiger partial charge on any atom is -0.480 e. The molecule has 120 valence electrons. The monoisotopic (exact) mass is 351 g/mol. The Labute approximate surface area is 137 Å². The fraction of sp³-hybridized carbons (Fsp3) is 0.133. The number of rotatable bonds is 4. The van der Waals surface area contributed by atoms with E-state index in [1.165, 1.54) is 30.8 Å². The summed E-state index contributed by atoms with van der Waals surface area (Å²) >= 11 is 1.40. The molecule has 1 unspecified atom stereocenters. The third kappa shape index (κ3) is 3.19. The molecule has 0 aliphatic carbocycles. The smallest absolute Gasteiger partial charge is 0.321 e. The first-order chi connectivity index (χ1) is 10.9. The van der Waals surface area contributed by atoms with E-state index < -0.39 is 22.0 Å². The minimum atomic E-state index is -3.92. The first kappa shape index (κ1) is 15.9. The van der Waals surface area contributed by atoms with Crippen LogP contribution in [0.2, 0.25) is 0 Å². The van der Waals surface area contributed by atoms with Crippen molar-refractivity contribution in [3.63, 3.8) is 0 Å². The largest absolute Gasteiger partial charge is 0.480 e. The molecule has 0 bridgehead atoms. The van der Waals surface area contributed by atoms with Crippen LogP contribution >= 0.6 is 11.8 Å². The van der Waals surface area contributed by atoms with Gasteiger partial charge in [0.15, 0.2) is 0 Å². The average Bonchev–Trinajstić information content (AvgIpc) is 2.51. The van der Waals surface area contributed by atoms with Crippen molar-refractivity contribution in [2.75, 3.05) is 0 Å². The van der Waals surface area contributed by atoms with Crippen molar-refractivity contribution >= 4 is 27.8 Å². The van der Waals surface area contributed by atoms with E-state index in [9.17, 15) is 13.2 Å².